The lowest BCUT2D eigenvalue weighted by molar-refractivity contribution is -0.113. The number of anilines is 1. The van der Waals surface area contributed by atoms with E-state index < -0.39 is 21.5 Å². The van der Waals surface area contributed by atoms with Crippen LogP contribution in [0.25, 0.3) is 0 Å². The number of carbonyl (C=O) groups excluding carboxylic acids is 1. The normalized spacial score (nSPS) is 11.3. The summed E-state index contributed by atoms with van der Waals surface area (Å²) in [4.78, 5) is 11.8. The molecular weight excluding hydrogens is 276 g/mol. The van der Waals surface area contributed by atoms with Crippen LogP contribution in [0.2, 0.25) is 0 Å². The number of sulfone groups is 1. The van der Waals surface area contributed by atoms with Gasteiger partial charge in [0.05, 0.1) is 5.75 Å². The number of hydrogen-bond acceptors (Lipinski definition) is 4. The Balaban J connectivity index is 2.59. The van der Waals surface area contributed by atoms with Crippen LogP contribution in [0.3, 0.4) is 0 Å². The molecule has 0 unspecified atom stereocenters. The molecule has 0 spiro atoms. The molecule has 1 aromatic carbocycles. The van der Waals surface area contributed by atoms with Crippen LogP contribution in [0.1, 0.15) is 24.0 Å². The predicted octanol–water partition coefficient (Wildman–Crippen LogP) is 1.40. The first-order valence-electron chi connectivity index (χ1n) is 6.61. The summed E-state index contributed by atoms with van der Waals surface area (Å²) in [5.41, 5.74) is 7.97. The minimum atomic E-state index is -3.36. The second-order valence-corrected chi connectivity index (χ2v) is 7.14. The van der Waals surface area contributed by atoms with E-state index in [1.54, 1.807) is 6.07 Å². The molecule has 1 rings (SSSR count). The van der Waals surface area contributed by atoms with Gasteiger partial charge in [0.25, 0.3) is 0 Å². The molecule has 0 fully saturated rings. The third kappa shape index (κ3) is 5.71. The van der Waals surface area contributed by atoms with Gasteiger partial charge in [-0.2, -0.15) is 0 Å². The molecule has 5 nitrogen and oxygen atoms in total. The molecule has 20 heavy (non-hydrogen) atoms. The van der Waals surface area contributed by atoms with Crippen molar-refractivity contribution in [3.63, 3.8) is 0 Å². The van der Waals surface area contributed by atoms with Crippen molar-refractivity contribution in [1.82, 2.24) is 0 Å². The van der Waals surface area contributed by atoms with Gasteiger partial charge < -0.3 is 11.1 Å². The van der Waals surface area contributed by atoms with Crippen LogP contribution >= 0.6 is 0 Å². The van der Waals surface area contributed by atoms with Gasteiger partial charge in [0, 0.05) is 5.69 Å². The molecule has 1 aromatic rings. The molecule has 0 radical (unpaired) electrons. The first kappa shape index (κ1) is 16.7. The van der Waals surface area contributed by atoms with Crippen molar-refractivity contribution in [2.45, 2.75) is 26.7 Å². The van der Waals surface area contributed by atoms with Crippen molar-refractivity contribution in [2.24, 2.45) is 5.73 Å². The summed E-state index contributed by atoms with van der Waals surface area (Å²) in [6.07, 6.45) is 1.15. The van der Waals surface area contributed by atoms with Crippen LogP contribution in [0, 0.1) is 13.8 Å². The molecule has 0 aliphatic rings. The number of amides is 1. The van der Waals surface area contributed by atoms with Crippen LogP contribution in [0.15, 0.2) is 18.2 Å². The Morgan fingerprint density at radius 3 is 2.55 bits per heavy atom. The van der Waals surface area contributed by atoms with Crippen LogP contribution in [-0.4, -0.2) is 32.4 Å². The highest BCUT2D eigenvalue weighted by Crippen LogP contribution is 2.16. The zero-order valence-corrected chi connectivity index (χ0v) is 12.8. The molecule has 0 aliphatic heterocycles. The maximum atomic E-state index is 11.8. The van der Waals surface area contributed by atoms with Crippen LogP contribution < -0.4 is 11.1 Å². The number of hydrogen-bond donors (Lipinski definition) is 2. The highest BCUT2D eigenvalue weighted by atomic mass is 32.2. The summed E-state index contributed by atoms with van der Waals surface area (Å²) >= 11 is 0. The van der Waals surface area contributed by atoms with Gasteiger partial charge in [0.1, 0.15) is 5.75 Å². The lowest BCUT2D eigenvalue weighted by atomic mass is 10.1. The summed E-state index contributed by atoms with van der Waals surface area (Å²) in [5, 5.41) is 2.64. The number of nitrogens with one attached hydrogen (secondary N) is 1. The topological polar surface area (TPSA) is 89.3 Å². The van der Waals surface area contributed by atoms with Gasteiger partial charge in [0.2, 0.25) is 5.91 Å². The molecule has 0 heterocycles. The van der Waals surface area contributed by atoms with E-state index in [0.29, 0.717) is 25.1 Å². The van der Waals surface area contributed by atoms with E-state index in [1.807, 2.05) is 26.0 Å². The zero-order chi connectivity index (χ0) is 15.2. The van der Waals surface area contributed by atoms with E-state index in [4.69, 9.17) is 5.73 Å². The summed E-state index contributed by atoms with van der Waals surface area (Å²) in [5.74, 6) is -0.972. The van der Waals surface area contributed by atoms with Crippen molar-refractivity contribution in [2.75, 3.05) is 23.4 Å². The zero-order valence-electron chi connectivity index (χ0n) is 12.0. The van der Waals surface area contributed by atoms with Crippen molar-refractivity contribution in [3.8, 4) is 0 Å². The third-order valence-corrected chi connectivity index (χ3v) is 4.53. The third-order valence-electron chi connectivity index (χ3n) is 2.92. The van der Waals surface area contributed by atoms with E-state index in [9.17, 15) is 13.2 Å². The molecule has 0 bridgehead atoms. The molecular formula is C14H22N2O3S. The molecule has 1 amide bonds. The summed E-state index contributed by atoms with van der Waals surface area (Å²) < 4.78 is 23.5. The lowest BCUT2D eigenvalue weighted by Crippen LogP contribution is -2.25. The fraction of sp³-hybridized carbons (Fsp3) is 0.500. The largest absolute Gasteiger partial charge is 0.330 e. The Morgan fingerprint density at radius 1 is 1.25 bits per heavy atom. The maximum Gasteiger partial charge on any atom is 0.239 e. The molecule has 112 valence electrons. The van der Waals surface area contributed by atoms with Crippen LogP contribution in [0.5, 0.6) is 0 Å². The van der Waals surface area contributed by atoms with Crippen LogP contribution in [-0.2, 0) is 14.6 Å². The van der Waals surface area contributed by atoms with E-state index in [2.05, 4.69) is 5.32 Å². The van der Waals surface area contributed by atoms with Crippen LogP contribution in [0.4, 0.5) is 5.69 Å². The van der Waals surface area contributed by atoms with Gasteiger partial charge >= 0.3 is 0 Å². The summed E-state index contributed by atoms with van der Waals surface area (Å²) in [6, 6.07) is 5.59. The number of benzene rings is 1. The van der Waals surface area contributed by atoms with E-state index >= 15 is 0 Å². The molecule has 0 atom stereocenters. The number of rotatable bonds is 7. The van der Waals surface area contributed by atoms with E-state index in [0.717, 1.165) is 11.1 Å². The standard InChI is InChI=1S/C14H22N2O3S/c1-11-5-6-13(12(2)9-11)16-14(17)10-20(18,19)8-4-3-7-15/h5-6,9H,3-4,7-8,10,15H2,1-2H3,(H,16,17). The molecule has 0 aliphatic carbocycles. The van der Waals surface area contributed by atoms with Crippen molar-refractivity contribution in [1.29, 1.82) is 0 Å². The Morgan fingerprint density at radius 2 is 1.95 bits per heavy atom. The monoisotopic (exact) mass is 298 g/mol. The molecule has 0 saturated heterocycles. The van der Waals surface area contributed by atoms with Gasteiger partial charge in [-0.05, 0) is 44.9 Å². The maximum absolute atomic E-state index is 11.8. The van der Waals surface area contributed by atoms with Gasteiger partial charge in [0.15, 0.2) is 9.84 Å². The second-order valence-electron chi connectivity index (χ2n) is 4.95. The lowest BCUT2D eigenvalue weighted by Gasteiger charge is -2.09. The smallest absolute Gasteiger partial charge is 0.239 e. The average molecular weight is 298 g/mol. The summed E-state index contributed by atoms with van der Waals surface area (Å²) in [6.45, 7) is 4.29. The number of unbranched alkanes of at least 4 members (excludes halogenated alkanes) is 1. The quantitative estimate of drug-likeness (QED) is 0.745. The van der Waals surface area contributed by atoms with Crippen molar-refractivity contribution < 1.29 is 13.2 Å². The molecule has 6 heteroatoms. The molecule has 0 aromatic heterocycles. The minimum absolute atomic E-state index is 0.00446. The predicted molar refractivity (Wildman–Crippen MR) is 81.5 cm³/mol. The van der Waals surface area contributed by atoms with Gasteiger partial charge in [-0.1, -0.05) is 17.7 Å². The first-order chi connectivity index (χ1) is 9.34. The Kier molecular flexibility index (Phi) is 6.16. The minimum Gasteiger partial charge on any atom is -0.330 e. The van der Waals surface area contributed by atoms with Crippen molar-refractivity contribution in [3.05, 3.63) is 29.3 Å². The van der Waals surface area contributed by atoms with E-state index in [1.165, 1.54) is 0 Å². The Bertz CT molecular complexity index is 568. The Hall–Kier alpha value is -1.40. The van der Waals surface area contributed by atoms with Gasteiger partial charge in [-0.25, -0.2) is 8.42 Å². The van der Waals surface area contributed by atoms with Gasteiger partial charge in [-0.3, -0.25) is 4.79 Å². The first-order valence-corrected chi connectivity index (χ1v) is 8.44. The summed E-state index contributed by atoms with van der Waals surface area (Å²) in [7, 11) is -3.36. The number of aryl methyl sites for hydroxylation is 2. The number of carbonyl (C=O) groups is 1. The fourth-order valence-corrected chi connectivity index (χ4v) is 3.14. The fourth-order valence-electron chi connectivity index (χ4n) is 1.88. The van der Waals surface area contributed by atoms with Crippen molar-refractivity contribution >= 4 is 21.4 Å². The second kappa shape index (κ2) is 7.40. The highest BCUT2D eigenvalue weighted by molar-refractivity contribution is 7.92. The molecule has 0 saturated carbocycles. The van der Waals surface area contributed by atoms with E-state index in [-0.39, 0.29) is 5.75 Å². The SMILES string of the molecule is Cc1ccc(NC(=O)CS(=O)(=O)CCCCN)c(C)c1. The Labute approximate surface area is 120 Å². The average Bonchev–Trinajstić information content (AvgIpc) is 2.32. The number of nitrogens with two attached hydrogens (primary N) is 1. The van der Waals surface area contributed by atoms with Gasteiger partial charge in [-0.15, -0.1) is 0 Å². The molecule has 3 N–H and O–H groups in total. The highest BCUT2D eigenvalue weighted by Gasteiger charge is 2.16.